The number of ether oxygens (including phenoxy) is 2. The number of hydrogen-bond acceptors (Lipinski definition) is 5. The molecule has 0 bridgehead atoms. The molecule has 0 aromatic carbocycles. The van der Waals surface area contributed by atoms with Gasteiger partial charge < -0.3 is 9.47 Å². The minimum Gasteiger partial charge on any atom is -0.465 e. The van der Waals surface area contributed by atoms with Crippen LogP contribution < -0.4 is 0 Å². The van der Waals surface area contributed by atoms with Crippen LogP contribution in [0, 0.1) is 5.41 Å². The minimum absolute atomic E-state index is 0.243. The average molecular weight is 313 g/mol. The van der Waals surface area contributed by atoms with Gasteiger partial charge in [0, 0.05) is 6.42 Å². The van der Waals surface area contributed by atoms with Crippen molar-refractivity contribution in [3.63, 3.8) is 0 Å². The Kier molecular flexibility index (Phi) is 6.00. The summed E-state index contributed by atoms with van der Waals surface area (Å²) in [4.78, 5) is 29.1. The maximum absolute atomic E-state index is 11.9. The molecule has 1 amide bonds. The van der Waals surface area contributed by atoms with Gasteiger partial charge in [0.15, 0.2) is 0 Å². The summed E-state index contributed by atoms with van der Waals surface area (Å²) in [5.74, 6) is -0.253. The third-order valence-electron chi connectivity index (χ3n) is 2.73. The predicted octanol–water partition coefficient (Wildman–Crippen LogP) is 3.07. The van der Waals surface area contributed by atoms with Crippen LogP contribution in [0.25, 0.3) is 0 Å². The van der Waals surface area contributed by atoms with Gasteiger partial charge >= 0.3 is 12.1 Å². The Bertz CT molecular complexity index is 431. The van der Waals surface area contributed by atoms with Gasteiger partial charge in [-0.15, -0.1) is 0 Å². The summed E-state index contributed by atoms with van der Waals surface area (Å²) in [6.07, 6.45) is 3.34. The smallest absolute Gasteiger partial charge is 0.434 e. The largest absolute Gasteiger partial charge is 0.465 e. The highest BCUT2D eigenvalue weighted by atomic mass is 16.7. The molecule has 0 saturated carbocycles. The first-order valence-electron chi connectivity index (χ1n) is 7.50. The minimum atomic E-state index is -0.570. The molecule has 0 fully saturated rings. The molecule has 0 aliphatic carbocycles. The monoisotopic (exact) mass is 313 g/mol. The Labute approximate surface area is 132 Å². The highest BCUT2D eigenvalue weighted by Crippen LogP contribution is 2.18. The van der Waals surface area contributed by atoms with E-state index in [1.165, 1.54) is 5.06 Å². The Morgan fingerprint density at radius 1 is 1.23 bits per heavy atom. The fourth-order valence-corrected chi connectivity index (χ4v) is 1.61. The quantitative estimate of drug-likeness (QED) is 0.592. The maximum Gasteiger partial charge on any atom is 0.434 e. The van der Waals surface area contributed by atoms with E-state index in [0.717, 1.165) is 0 Å². The average Bonchev–Trinajstić information content (AvgIpc) is 2.36. The van der Waals surface area contributed by atoms with Gasteiger partial charge in [0.25, 0.3) is 0 Å². The number of hydroxylamine groups is 2. The lowest BCUT2D eigenvalue weighted by atomic mass is 9.97. The first-order chi connectivity index (χ1) is 9.99. The van der Waals surface area contributed by atoms with Gasteiger partial charge in [0.1, 0.15) is 11.7 Å². The van der Waals surface area contributed by atoms with Gasteiger partial charge in [-0.1, -0.05) is 12.2 Å². The fraction of sp³-hybridized carbons (Fsp3) is 0.750. The molecule has 6 nitrogen and oxygen atoms in total. The van der Waals surface area contributed by atoms with Crippen LogP contribution in [-0.4, -0.2) is 42.0 Å². The Morgan fingerprint density at radius 3 is 2.41 bits per heavy atom. The predicted molar refractivity (Wildman–Crippen MR) is 82.0 cm³/mol. The van der Waals surface area contributed by atoms with E-state index < -0.39 is 17.1 Å². The van der Waals surface area contributed by atoms with E-state index in [-0.39, 0.29) is 18.7 Å². The van der Waals surface area contributed by atoms with Gasteiger partial charge in [-0.2, -0.15) is 5.06 Å². The molecule has 0 saturated heterocycles. The van der Waals surface area contributed by atoms with Crippen LogP contribution >= 0.6 is 0 Å². The zero-order valence-corrected chi connectivity index (χ0v) is 14.3. The Hall–Kier alpha value is -1.56. The number of rotatable bonds is 3. The molecule has 0 aromatic heterocycles. The fourth-order valence-electron chi connectivity index (χ4n) is 1.61. The summed E-state index contributed by atoms with van der Waals surface area (Å²) in [6.45, 7) is 11.4. The van der Waals surface area contributed by atoms with Crippen molar-refractivity contribution >= 4 is 12.1 Å². The number of carbonyl (C=O) groups excluding carboxylic acids is 2. The highest BCUT2D eigenvalue weighted by Gasteiger charge is 2.27. The van der Waals surface area contributed by atoms with E-state index >= 15 is 0 Å². The van der Waals surface area contributed by atoms with E-state index in [9.17, 15) is 9.59 Å². The summed E-state index contributed by atoms with van der Waals surface area (Å²) >= 11 is 0. The molecule has 0 aromatic rings. The van der Waals surface area contributed by atoms with Crippen LogP contribution in [0.2, 0.25) is 0 Å². The Balaban J connectivity index is 2.41. The highest BCUT2D eigenvalue weighted by molar-refractivity contribution is 5.75. The SMILES string of the molecule is CC(C)(C)OC(=O)N1CC=C[C@@H](CCOC(=O)C(C)(C)C)O1. The first kappa shape index (κ1) is 18.5. The third kappa shape index (κ3) is 6.47. The number of hydrogen-bond donors (Lipinski definition) is 0. The van der Waals surface area contributed by atoms with Crippen molar-refractivity contribution in [1.82, 2.24) is 5.06 Å². The van der Waals surface area contributed by atoms with Gasteiger partial charge in [0.2, 0.25) is 0 Å². The summed E-state index contributed by atoms with van der Waals surface area (Å²) in [5.41, 5.74) is -1.09. The second-order valence-corrected chi connectivity index (χ2v) is 7.29. The number of amides is 1. The molecule has 1 aliphatic rings. The standard InChI is InChI=1S/C16H27NO5/c1-15(2,3)13(18)20-11-9-12-8-7-10-17(22-12)14(19)21-16(4,5)6/h7-8,12H,9-11H2,1-6H3/t12-/m0/s1. The van der Waals surface area contributed by atoms with E-state index in [1.807, 2.05) is 12.2 Å². The van der Waals surface area contributed by atoms with Crippen molar-refractivity contribution in [2.75, 3.05) is 13.2 Å². The van der Waals surface area contributed by atoms with E-state index in [1.54, 1.807) is 41.5 Å². The van der Waals surface area contributed by atoms with Crippen LogP contribution in [0.1, 0.15) is 48.0 Å². The van der Waals surface area contributed by atoms with Crippen LogP contribution in [0.4, 0.5) is 4.79 Å². The van der Waals surface area contributed by atoms with E-state index in [4.69, 9.17) is 14.3 Å². The van der Waals surface area contributed by atoms with Crippen molar-refractivity contribution in [3.8, 4) is 0 Å². The van der Waals surface area contributed by atoms with Crippen molar-refractivity contribution in [3.05, 3.63) is 12.2 Å². The number of carbonyl (C=O) groups is 2. The topological polar surface area (TPSA) is 65.1 Å². The molecular formula is C16H27NO5. The molecule has 1 heterocycles. The van der Waals surface area contributed by atoms with Gasteiger partial charge in [0.05, 0.1) is 18.6 Å². The second-order valence-electron chi connectivity index (χ2n) is 7.29. The molecule has 0 spiro atoms. The van der Waals surface area contributed by atoms with Gasteiger partial charge in [-0.25, -0.2) is 4.79 Å². The molecular weight excluding hydrogens is 286 g/mol. The lowest BCUT2D eigenvalue weighted by molar-refractivity contribution is -0.176. The summed E-state index contributed by atoms with van der Waals surface area (Å²) < 4.78 is 10.5. The molecule has 0 N–H and O–H groups in total. The maximum atomic E-state index is 11.9. The lowest BCUT2D eigenvalue weighted by Crippen LogP contribution is -2.41. The number of esters is 1. The van der Waals surface area contributed by atoms with Crippen molar-refractivity contribution in [2.45, 2.75) is 59.7 Å². The molecule has 1 atom stereocenters. The summed E-state index contributed by atoms with van der Waals surface area (Å²) in [5, 5.41) is 1.18. The molecule has 1 rings (SSSR count). The van der Waals surface area contributed by atoms with Gasteiger partial charge in [-0.05, 0) is 41.5 Å². The molecule has 6 heteroatoms. The van der Waals surface area contributed by atoms with Crippen LogP contribution in [0.3, 0.4) is 0 Å². The normalized spacial score (nSPS) is 19.0. The van der Waals surface area contributed by atoms with E-state index in [0.29, 0.717) is 13.0 Å². The zero-order valence-electron chi connectivity index (χ0n) is 14.3. The lowest BCUT2D eigenvalue weighted by Gasteiger charge is -2.30. The molecule has 0 unspecified atom stereocenters. The molecule has 22 heavy (non-hydrogen) atoms. The molecule has 1 aliphatic heterocycles. The van der Waals surface area contributed by atoms with Crippen LogP contribution in [0.15, 0.2) is 12.2 Å². The molecule has 126 valence electrons. The van der Waals surface area contributed by atoms with E-state index in [2.05, 4.69) is 0 Å². The van der Waals surface area contributed by atoms with Crippen molar-refractivity contribution in [1.29, 1.82) is 0 Å². The van der Waals surface area contributed by atoms with Crippen molar-refractivity contribution in [2.24, 2.45) is 5.41 Å². The summed E-state index contributed by atoms with van der Waals surface area (Å²) in [6, 6.07) is 0. The Morgan fingerprint density at radius 2 is 1.86 bits per heavy atom. The second kappa shape index (κ2) is 7.13. The zero-order chi connectivity index (χ0) is 17.0. The first-order valence-corrected chi connectivity index (χ1v) is 7.50. The third-order valence-corrected chi connectivity index (χ3v) is 2.73. The number of nitrogens with zero attached hydrogens (tertiary/aromatic N) is 1. The molecule has 0 radical (unpaired) electrons. The van der Waals surface area contributed by atoms with Crippen molar-refractivity contribution < 1.29 is 23.9 Å². The van der Waals surface area contributed by atoms with Crippen LogP contribution in [0.5, 0.6) is 0 Å². The summed E-state index contributed by atoms with van der Waals surface area (Å²) in [7, 11) is 0. The van der Waals surface area contributed by atoms with Crippen LogP contribution in [-0.2, 0) is 19.1 Å². The van der Waals surface area contributed by atoms with Gasteiger partial charge in [-0.3, -0.25) is 9.63 Å².